The van der Waals surface area contributed by atoms with Crippen molar-refractivity contribution in [2.75, 3.05) is 0 Å². The van der Waals surface area contributed by atoms with Crippen molar-refractivity contribution in [3.05, 3.63) is 64.2 Å². The molecule has 1 N–H and O–H groups in total. The standard InChI is InChI=1S/C13H9ClFNO2.Cu.Zn/c14-10-1-2-12(15)9(6-10)5-8-3-4-16-7-11(8)13(17)18;;/h1-4,6-7H,5H2,(H,17,18);;. The summed E-state index contributed by atoms with van der Waals surface area (Å²) in [5.74, 6) is -1.49. The molecule has 0 aliphatic rings. The van der Waals surface area contributed by atoms with E-state index in [0.29, 0.717) is 16.1 Å². The molecule has 0 saturated heterocycles. The number of nitrogens with zero attached hydrogens (tertiary/aromatic N) is 1. The number of pyridine rings is 1. The summed E-state index contributed by atoms with van der Waals surface area (Å²) in [5, 5.41) is 9.42. The van der Waals surface area contributed by atoms with Crippen molar-refractivity contribution in [3.63, 3.8) is 0 Å². The van der Waals surface area contributed by atoms with Gasteiger partial charge in [0, 0.05) is 60.4 Å². The number of hydrogen-bond donors (Lipinski definition) is 1. The molecule has 3 nitrogen and oxygen atoms in total. The second-order valence-corrected chi connectivity index (χ2v) is 4.19. The van der Waals surface area contributed by atoms with Gasteiger partial charge in [0.2, 0.25) is 0 Å². The zero-order valence-electron chi connectivity index (χ0n) is 10.2. The van der Waals surface area contributed by atoms with Crippen molar-refractivity contribution in [3.8, 4) is 0 Å². The Morgan fingerprint density at radius 2 is 2.00 bits per heavy atom. The summed E-state index contributed by atoms with van der Waals surface area (Å²) in [7, 11) is 0. The van der Waals surface area contributed by atoms with Crippen molar-refractivity contribution in [2.45, 2.75) is 6.42 Å². The van der Waals surface area contributed by atoms with Crippen LogP contribution in [0.4, 0.5) is 4.39 Å². The van der Waals surface area contributed by atoms with Crippen LogP contribution in [0.5, 0.6) is 0 Å². The van der Waals surface area contributed by atoms with Gasteiger partial charge in [-0.1, -0.05) is 11.6 Å². The van der Waals surface area contributed by atoms with Gasteiger partial charge >= 0.3 is 5.97 Å². The first-order valence-electron chi connectivity index (χ1n) is 5.18. The molecule has 0 fully saturated rings. The largest absolute Gasteiger partial charge is 0.478 e. The first kappa shape index (κ1) is 19.2. The average Bonchev–Trinajstić information content (AvgIpc) is 2.34. The van der Waals surface area contributed by atoms with Crippen molar-refractivity contribution in [1.82, 2.24) is 4.98 Å². The van der Waals surface area contributed by atoms with Crippen LogP contribution in [0.2, 0.25) is 5.02 Å². The predicted molar refractivity (Wildman–Crippen MR) is 65.4 cm³/mol. The monoisotopic (exact) mass is 392 g/mol. The normalized spacial score (nSPS) is 9.30. The van der Waals surface area contributed by atoms with E-state index in [-0.39, 0.29) is 48.5 Å². The van der Waals surface area contributed by atoms with Crippen molar-refractivity contribution in [1.29, 1.82) is 0 Å². The van der Waals surface area contributed by atoms with E-state index in [1.807, 2.05) is 0 Å². The molecule has 2 aromatic rings. The Morgan fingerprint density at radius 3 is 2.65 bits per heavy atom. The van der Waals surface area contributed by atoms with Gasteiger partial charge in [-0.05, 0) is 35.4 Å². The Kier molecular flexibility index (Phi) is 8.14. The van der Waals surface area contributed by atoms with E-state index in [4.69, 9.17) is 16.7 Å². The Hall–Kier alpha value is -0.797. The van der Waals surface area contributed by atoms with Gasteiger partial charge in [0.05, 0.1) is 5.56 Å². The van der Waals surface area contributed by atoms with E-state index < -0.39 is 11.8 Å². The van der Waals surface area contributed by atoms with Crippen molar-refractivity contribution in [2.24, 2.45) is 0 Å². The maximum absolute atomic E-state index is 13.6. The van der Waals surface area contributed by atoms with Crippen LogP contribution in [0.15, 0.2) is 36.7 Å². The van der Waals surface area contributed by atoms with Gasteiger partial charge in [-0.25, -0.2) is 9.18 Å². The number of aromatic carboxylic acids is 1. The second-order valence-electron chi connectivity index (χ2n) is 3.75. The third-order valence-corrected chi connectivity index (χ3v) is 2.77. The average molecular weight is 395 g/mol. The number of aromatic nitrogens is 1. The fourth-order valence-electron chi connectivity index (χ4n) is 1.65. The van der Waals surface area contributed by atoms with Gasteiger partial charge in [-0.15, -0.1) is 0 Å². The molecule has 1 radical (unpaired) electrons. The molecule has 1 aromatic heterocycles. The third-order valence-electron chi connectivity index (χ3n) is 2.53. The van der Waals surface area contributed by atoms with Gasteiger partial charge in [0.1, 0.15) is 5.82 Å². The van der Waals surface area contributed by atoms with Crippen LogP contribution < -0.4 is 0 Å². The molecular weight excluding hydrogens is 386 g/mol. The molecule has 0 aliphatic carbocycles. The topological polar surface area (TPSA) is 50.2 Å². The molecule has 1 heterocycles. The molecule has 0 bridgehead atoms. The van der Waals surface area contributed by atoms with Crippen LogP contribution in [0.3, 0.4) is 0 Å². The van der Waals surface area contributed by atoms with Gasteiger partial charge in [-0.3, -0.25) is 4.98 Å². The summed E-state index contributed by atoms with van der Waals surface area (Å²) in [6.45, 7) is 0. The van der Waals surface area contributed by atoms with Crippen LogP contribution in [0.25, 0.3) is 0 Å². The van der Waals surface area contributed by atoms with Gasteiger partial charge < -0.3 is 5.11 Å². The first-order valence-corrected chi connectivity index (χ1v) is 5.56. The number of benzene rings is 1. The zero-order chi connectivity index (χ0) is 13.1. The van der Waals surface area contributed by atoms with E-state index in [2.05, 4.69) is 4.98 Å². The van der Waals surface area contributed by atoms with Crippen molar-refractivity contribution < 1.29 is 50.8 Å². The Bertz CT molecular complexity index is 613. The molecule has 0 atom stereocenters. The summed E-state index contributed by atoms with van der Waals surface area (Å²) < 4.78 is 13.6. The number of rotatable bonds is 3. The molecule has 0 saturated carbocycles. The van der Waals surface area contributed by atoms with Crippen molar-refractivity contribution >= 4 is 17.6 Å². The summed E-state index contributed by atoms with van der Waals surface area (Å²) in [6, 6.07) is 5.76. The maximum atomic E-state index is 13.6. The molecule has 105 valence electrons. The van der Waals surface area contributed by atoms with E-state index >= 15 is 0 Å². The number of hydrogen-bond acceptors (Lipinski definition) is 2. The number of halogens is 2. The fraction of sp³-hybridized carbons (Fsp3) is 0.0769. The van der Waals surface area contributed by atoms with Gasteiger partial charge in [0.25, 0.3) is 0 Å². The quantitative estimate of drug-likeness (QED) is 0.814. The van der Waals surface area contributed by atoms with Crippen LogP contribution in [0, 0.1) is 5.82 Å². The van der Waals surface area contributed by atoms with Gasteiger partial charge in [0.15, 0.2) is 0 Å². The summed E-state index contributed by atoms with van der Waals surface area (Å²) in [4.78, 5) is 14.8. The van der Waals surface area contributed by atoms with E-state index in [9.17, 15) is 9.18 Å². The van der Waals surface area contributed by atoms with Gasteiger partial charge in [-0.2, -0.15) is 0 Å². The smallest absolute Gasteiger partial charge is 0.337 e. The molecule has 20 heavy (non-hydrogen) atoms. The minimum atomic E-state index is -1.08. The molecular formula is C13H9ClCuFNO2Zn. The number of carboxylic acids is 1. The Balaban J connectivity index is 0.00000180. The summed E-state index contributed by atoms with van der Waals surface area (Å²) in [6.07, 6.45) is 2.89. The molecule has 0 unspecified atom stereocenters. The molecule has 1 aromatic carbocycles. The van der Waals surface area contributed by atoms with E-state index in [1.165, 1.54) is 30.6 Å². The number of carbonyl (C=O) groups is 1. The molecule has 0 spiro atoms. The second kappa shape index (κ2) is 8.48. The maximum Gasteiger partial charge on any atom is 0.337 e. The third kappa shape index (κ3) is 4.64. The summed E-state index contributed by atoms with van der Waals surface area (Å²) in [5.41, 5.74) is 0.923. The summed E-state index contributed by atoms with van der Waals surface area (Å²) >= 11 is 5.79. The Labute approximate surface area is 143 Å². The molecule has 0 amide bonds. The van der Waals surface area contributed by atoms with Crippen LogP contribution in [-0.4, -0.2) is 16.1 Å². The zero-order valence-corrected chi connectivity index (χ0v) is 14.9. The van der Waals surface area contributed by atoms with E-state index in [1.54, 1.807) is 6.07 Å². The van der Waals surface area contributed by atoms with Crippen LogP contribution >= 0.6 is 11.6 Å². The molecule has 7 heteroatoms. The fourth-order valence-corrected chi connectivity index (χ4v) is 1.85. The van der Waals surface area contributed by atoms with Crippen LogP contribution in [-0.2, 0) is 43.0 Å². The SMILES string of the molecule is O=C(O)c1cnccc1Cc1cc(Cl)ccc1F.[Cu].[Zn]. The first-order chi connectivity index (χ1) is 8.58. The predicted octanol–water partition coefficient (Wildman–Crippen LogP) is 3.16. The number of carboxylic acid groups (broad SMARTS) is 1. The molecule has 2 rings (SSSR count). The van der Waals surface area contributed by atoms with Crippen LogP contribution in [0.1, 0.15) is 21.5 Å². The molecule has 0 aliphatic heterocycles. The Morgan fingerprint density at radius 1 is 1.30 bits per heavy atom. The van der Waals surface area contributed by atoms with E-state index in [0.717, 1.165) is 0 Å². The minimum Gasteiger partial charge on any atom is -0.478 e. The minimum absolute atomic E-state index is 0.